The van der Waals surface area contributed by atoms with Gasteiger partial charge in [-0.15, -0.1) is 11.3 Å². The lowest BCUT2D eigenvalue weighted by Gasteiger charge is -2.31. The maximum Gasteiger partial charge on any atom is 0.270 e. The molecule has 1 aliphatic heterocycles. The lowest BCUT2D eigenvalue weighted by Crippen LogP contribution is -2.38. The molecule has 2 aromatic rings. The molecule has 1 aromatic carbocycles. The molecule has 0 radical (unpaired) electrons. The smallest absolute Gasteiger partial charge is 0.270 e. The van der Waals surface area contributed by atoms with Crippen LogP contribution in [0.15, 0.2) is 23.6 Å². The summed E-state index contributed by atoms with van der Waals surface area (Å²) >= 11 is 1.39. The van der Waals surface area contributed by atoms with Crippen molar-refractivity contribution in [3.05, 3.63) is 39.8 Å². The van der Waals surface area contributed by atoms with Gasteiger partial charge < -0.3 is 10.1 Å². The second-order valence-corrected chi connectivity index (χ2v) is 9.36. The molecule has 0 bridgehead atoms. The van der Waals surface area contributed by atoms with Gasteiger partial charge in [0.25, 0.3) is 11.8 Å². The van der Waals surface area contributed by atoms with E-state index in [9.17, 15) is 9.59 Å². The van der Waals surface area contributed by atoms with Gasteiger partial charge in [0.1, 0.15) is 16.5 Å². The highest BCUT2D eigenvalue weighted by atomic mass is 32.1. The Bertz CT molecular complexity index is 904. The summed E-state index contributed by atoms with van der Waals surface area (Å²) in [6.07, 6.45) is 0.988. The molecule has 2 heterocycles. The number of anilines is 1. The Labute approximate surface area is 176 Å². The van der Waals surface area contributed by atoms with Crippen molar-refractivity contribution in [2.24, 2.45) is 5.92 Å². The number of carbonyl (C=O) groups is 2. The van der Waals surface area contributed by atoms with Gasteiger partial charge in [-0.05, 0) is 35.4 Å². The van der Waals surface area contributed by atoms with Gasteiger partial charge in [-0.3, -0.25) is 14.5 Å². The van der Waals surface area contributed by atoms with Crippen molar-refractivity contribution in [1.82, 2.24) is 10.3 Å². The molecule has 1 aliphatic rings. The van der Waals surface area contributed by atoms with Crippen molar-refractivity contribution in [3.63, 3.8) is 0 Å². The van der Waals surface area contributed by atoms with Crippen LogP contribution < -0.4 is 15.0 Å². The first-order valence-corrected chi connectivity index (χ1v) is 10.9. The van der Waals surface area contributed by atoms with Crippen molar-refractivity contribution >= 4 is 28.8 Å². The Morgan fingerprint density at radius 1 is 1.38 bits per heavy atom. The van der Waals surface area contributed by atoms with Gasteiger partial charge in [0.15, 0.2) is 6.61 Å². The minimum Gasteiger partial charge on any atom is -0.482 e. The Kier molecular flexibility index (Phi) is 6.27. The maximum absolute atomic E-state index is 12.6. The zero-order valence-electron chi connectivity index (χ0n) is 17.7. The van der Waals surface area contributed by atoms with Crippen molar-refractivity contribution in [1.29, 1.82) is 0 Å². The van der Waals surface area contributed by atoms with E-state index in [1.807, 2.05) is 26.0 Å². The summed E-state index contributed by atoms with van der Waals surface area (Å²) < 4.78 is 5.63. The number of rotatable bonds is 7. The highest BCUT2D eigenvalue weighted by Gasteiger charge is 2.29. The quantitative estimate of drug-likeness (QED) is 0.738. The number of hydrogen-bond acceptors (Lipinski definition) is 5. The molecule has 1 aromatic heterocycles. The molecular formula is C22H29N3O3S. The van der Waals surface area contributed by atoms with Crippen LogP contribution in [-0.4, -0.2) is 29.9 Å². The molecule has 0 aliphatic carbocycles. The van der Waals surface area contributed by atoms with Gasteiger partial charge in [0.2, 0.25) is 0 Å². The average Bonchev–Trinajstić information content (AvgIpc) is 3.16. The Balaban J connectivity index is 1.83. The third kappa shape index (κ3) is 4.78. The lowest BCUT2D eigenvalue weighted by molar-refractivity contribution is -0.121. The molecule has 1 N–H and O–H groups in total. The van der Waals surface area contributed by atoms with Gasteiger partial charge in [0.05, 0.1) is 12.2 Å². The Morgan fingerprint density at radius 2 is 2.14 bits per heavy atom. The minimum absolute atomic E-state index is 0.00402. The van der Waals surface area contributed by atoms with E-state index in [0.29, 0.717) is 30.5 Å². The first kappa shape index (κ1) is 21.3. The monoisotopic (exact) mass is 415 g/mol. The molecule has 3 rings (SSSR count). The summed E-state index contributed by atoms with van der Waals surface area (Å²) in [5.41, 5.74) is 2.33. The van der Waals surface area contributed by atoms with E-state index in [1.54, 1.807) is 10.3 Å². The number of benzene rings is 1. The number of hydrogen-bond donors (Lipinski definition) is 1. The summed E-state index contributed by atoms with van der Waals surface area (Å²) in [4.78, 5) is 31.0. The van der Waals surface area contributed by atoms with E-state index in [2.05, 4.69) is 37.1 Å². The molecule has 6 nitrogen and oxygen atoms in total. The number of aromatic nitrogens is 1. The summed E-state index contributed by atoms with van der Waals surface area (Å²) in [7, 11) is 0. The molecule has 7 heteroatoms. The fourth-order valence-electron chi connectivity index (χ4n) is 3.01. The Morgan fingerprint density at radius 3 is 2.83 bits per heavy atom. The zero-order chi connectivity index (χ0) is 21.2. The highest BCUT2D eigenvalue weighted by Crippen LogP contribution is 2.38. The van der Waals surface area contributed by atoms with Crippen molar-refractivity contribution in [2.75, 3.05) is 18.1 Å². The van der Waals surface area contributed by atoms with Crippen LogP contribution in [0.5, 0.6) is 5.75 Å². The molecule has 0 unspecified atom stereocenters. The van der Waals surface area contributed by atoms with Crippen LogP contribution in [0.1, 0.15) is 62.1 Å². The number of carbonyl (C=O) groups excluding carboxylic acids is 2. The predicted molar refractivity (Wildman–Crippen MR) is 116 cm³/mol. The lowest BCUT2D eigenvalue weighted by atomic mass is 9.82. The van der Waals surface area contributed by atoms with Gasteiger partial charge in [-0.25, -0.2) is 4.98 Å². The second kappa shape index (κ2) is 8.53. The SMILES string of the molecule is CCC(C)(C)c1ccc2c(c1)N(Cc1nc(C(=O)NCC(C)C)cs1)C(=O)CO2. The highest BCUT2D eigenvalue weighted by molar-refractivity contribution is 7.09. The van der Waals surface area contributed by atoms with Crippen LogP contribution >= 0.6 is 11.3 Å². The van der Waals surface area contributed by atoms with E-state index in [0.717, 1.165) is 22.7 Å². The standard InChI is InChI=1S/C22H29N3O3S/c1-6-22(4,5)15-7-8-18-17(9-15)25(20(26)12-28-18)11-19-24-16(13-29-19)21(27)23-10-14(2)3/h7-9,13-14H,6,10-12H2,1-5H3,(H,23,27). The fraction of sp³-hybridized carbons (Fsp3) is 0.500. The summed E-state index contributed by atoms with van der Waals surface area (Å²) in [5.74, 6) is 0.791. The summed E-state index contributed by atoms with van der Waals surface area (Å²) in [6, 6.07) is 6.05. The van der Waals surface area contributed by atoms with E-state index in [4.69, 9.17) is 4.74 Å². The van der Waals surface area contributed by atoms with Crippen LogP contribution in [-0.2, 0) is 16.8 Å². The van der Waals surface area contributed by atoms with Gasteiger partial charge in [-0.1, -0.05) is 40.7 Å². The molecular weight excluding hydrogens is 386 g/mol. The van der Waals surface area contributed by atoms with Crippen molar-refractivity contribution in [2.45, 2.75) is 53.0 Å². The van der Waals surface area contributed by atoms with Crippen LogP contribution in [0.4, 0.5) is 5.69 Å². The predicted octanol–water partition coefficient (Wildman–Crippen LogP) is 4.14. The number of nitrogens with one attached hydrogen (secondary N) is 1. The third-order valence-electron chi connectivity index (χ3n) is 5.32. The molecule has 2 amide bonds. The molecule has 29 heavy (non-hydrogen) atoms. The Hall–Kier alpha value is -2.41. The molecule has 0 spiro atoms. The minimum atomic E-state index is -0.179. The van der Waals surface area contributed by atoms with Crippen LogP contribution in [0.25, 0.3) is 0 Å². The van der Waals surface area contributed by atoms with E-state index in [1.165, 1.54) is 11.3 Å². The maximum atomic E-state index is 12.6. The molecule has 0 saturated heterocycles. The number of amides is 2. The zero-order valence-corrected chi connectivity index (χ0v) is 18.6. The van der Waals surface area contributed by atoms with Crippen LogP contribution in [0, 0.1) is 5.92 Å². The van der Waals surface area contributed by atoms with E-state index < -0.39 is 0 Å². The number of nitrogens with zero attached hydrogens (tertiary/aromatic N) is 2. The first-order chi connectivity index (χ1) is 13.7. The summed E-state index contributed by atoms with van der Waals surface area (Å²) in [6.45, 7) is 11.6. The molecule has 0 fully saturated rings. The van der Waals surface area contributed by atoms with Gasteiger partial charge >= 0.3 is 0 Å². The van der Waals surface area contributed by atoms with Gasteiger partial charge in [-0.2, -0.15) is 0 Å². The normalized spacial score (nSPS) is 14.0. The van der Waals surface area contributed by atoms with Crippen LogP contribution in [0.2, 0.25) is 0 Å². The number of thiazole rings is 1. The van der Waals surface area contributed by atoms with Crippen molar-refractivity contribution < 1.29 is 14.3 Å². The van der Waals surface area contributed by atoms with Crippen molar-refractivity contribution in [3.8, 4) is 5.75 Å². The second-order valence-electron chi connectivity index (χ2n) is 8.42. The van der Waals surface area contributed by atoms with Crippen LogP contribution in [0.3, 0.4) is 0 Å². The largest absolute Gasteiger partial charge is 0.482 e. The molecule has 0 atom stereocenters. The third-order valence-corrected chi connectivity index (χ3v) is 6.15. The first-order valence-electron chi connectivity index (χ1n) is 10.0. The summed E-state index contributed by atoms with van der Waals surface area (Å²) in [5, 5.41) is 5.34. The fourth-order valence-corrected chi connectivity index (χ4v) is 3.77. The van der Waals surface area contributed by atoms with E-state index >= 15 is 0 Å². The average molecular weight is 416 g/mol. The topological polar surface area (TPSA) is 71.5 Å². The number of ether oxygens (including phenoxy) is 1. The molecule has 156 valence electrons. The van der Waals surface area contributed by atoms with E-state index in [-0.39, 0.29) is 23.8 Å². The molecule has 0 saturated carbocycles. The number of fused-ring (bicyclic) bond motifs is 1. The van der Waals surface area contributed by atoms with Gasteiger partial charge in [0, 0.05) is 11.9 Å².